The summed E-state index contributed by atoms with van der Waals surface area (Å²) in [6.45, 7) is 8.37. The molecule has 1 fully saturated rings. The maximum Gasteiger partial charge on any atom is 0.191 e. The summed E-state index contributed by atoms with van der Waals surface area (Å²) in [6, 6.07) is 6.20. The third-order valence-corrected chi connectivity index (χ3v) is 3.97. The average molecular weight is 320 g/mol. The third-order valence-electron chi connectivity index (χ3n) is 3.97. The number of morpholine rings is 1. The third kappa shape index (κ3) is 5.73. The highest BCUT2D eigenvalue weighted by Crippen LogP contribution is 2.18. The predicted octanol–water partition coefficient (Wildman–Crippen LogP) is 1.00. The molecule has 1 aromatic carbocycles. The van der Waals surface area contributed by atoms with Crippen LogP contribution in [0.15, 0.2) is 23.2 Å². The van der Waals surface area contributed by atoms with Gasteiger partial charge in [-0.05, 0) is 24.1 Å². The maximum atomic E-state index is 5.35. The van der Waals surface area contributed by atoms with Gasteiger partial charge in [0, 0.05) is 39.8 Å². The Bertz CT molecular complexity index is 513. The molecule has 0 spiro atoms. The quantitative estimate of drug-likeness (QED) is 0.605. The van der Waals surface area contributed by atoms with Crippen molar-refractivity contribution in [3.63, 3.8) is 0 Å². The molecule has 6 heteroatoms. The van der Waals surface area contributed by atoms with Crippen molar-refractivity contribution in [2.24, 2.45) is 4.99 Å². The first kappa shape index (κ1) is 17.6. The summed E-state index contributed by atoms with van der Waals surface area (Å²) in [5.41, 5.74) is 2.35. The monoisotopic (exact) mass is 320 g/mol. The first-order valence-electron chi connectivity index (χ1n) is 8.11. The van der Waals surface area contributed by atoms with E-state index in [0.29, 0.717) is 0 Å². The van der Waals surface area contributed by atoms with Crippen LogP contribution in [0.1, 0.15) is 11.1 Å². The van der Waals surface area contributed by atoms with Crippen LogP contribution in [0.5, 0.6) is 5.75 Å². The van der Waals surface area contributed by atoms with Gasteiger partial charge in [0.25, 0.3) is 0 Å². The van der Waals surface area contributed by atoms with Gasteiger partial charge in [0.15, 0.2) is 5.96 Å². The summed E-state index contributed by atoms with van der Waals surface area (Å²) in [7, 11) is 3.49. The van der Waals surface area contributed by atoms with E-state index in [0.717, 1.165) is 63.2 Å². The van der Waals surface area contributed by atoms with Crippen molar-refractivity contribution < 1.29 is 9.47 Å². The Morgan fingerprint density at radius 1 is 1.30 bits per heavy atom. The number of guanidine groups is 1. The topological polar surface area (TPSA) is 58.1 Å². The lowest BCUT2D eigenvalue weighted by Gasteiger charge is -2.26. The number of nitrogens with zero attached hydrogens (tertiary/aromatic N) is 2. The standard InChI is InChI=1S/C17H28N4O2/c1-14-12-15(4-5-16(14)22-3)13-20-17(18-2)19-6-7-21-8-10-23-11-9-21/h4-5,12H,6-11,13H2,1-3H3,(H2,18,19,20). The molecule has 0 bridgehead atoms. The lowest BCUT2D eigenvalue weighted by molar-refractivity contribution is 0.0389. The van der Waals surface area contributed by atoms with Crippen LogP contribution in [-0.4, -0.2) is 64.4 Å². The number of methoxy groups -OCH3 is 1. The molecule has 0 amide bonds. The van der Waals surface area contributed by atoms with Gasteiger partial charge in [-0.15, -0.1) is 0 Å². The number of aliphatic imine (C=N–C) groups is 1. The molecule has 2 rings (SSSR count). The first-order chi connectivity index (χ1) is 11.2. The molecule has 23 heavy (non-hydrogen) atoms. The lowest BCUT2D eigenvalue weighted by Crippen LogP contribution is -2.44. The molecular formula is C17H28N4O2. The zero-order valence-electron chi connectivity index (χ0n) is 14.4. The molecular weight excluding hydrogens is 292 g/mol. The fraction of sp³-hybridized carbons (Fsp3) is 0.588. The highest BCUT2D eigenvalue weighted by molar-refractivity contribution is 5.79. The second-order valence-electron chi connectivity index (χ2n) is 5.61. The van der Waals surface area contributed by atoms with E-state index in [2.05, 4.69) is 39.6 Å². The molecule has 0 unspecified atom stereocenters. The summed E-state index contributed by atoms with van der Waals surface area (Å²) in [6.07, 6.45) is 0. The molecule has 0 atom stereocenters. The van der Waals surface area contributed by atoms with E-state index in [-0.39, 0.29) is 0 Å². The molecule has 6 nitrogen and oxygen atoms in total. The van der Waals surface area contributed by atoms with E-state index < -0.39 is 0 Å². The van der Waals surface area contributed by atoms with Crippen LogP contribution in [0.4, 0.5) is 0 Å². The highest BCUT2D eigenvalue weighted by atomic mass is 16.5. The van der Waals surface area contributed by atoms with Crippen LogP contribution in [0.25, 0.3) is 0 Å². The van der Waals surface area contributed by atoms with Crippen LogP contribution >= 0.6 is 0 Å². The minimum atomic E-state index is 0.738. The molecule has 128 valence electrons. The second kappa shape index (κ2) is 9.37. The van der Waals surface area contributed by atoms with Crippen LogP contribution in [-0.2, 0) is 11.3 Å². The Morgan fingerprint density at radius 2 is 2.09 bits per heavy atom. The van der Waals surface area contributed by atoms with Gasteiger partial charge in [0.2, 0.25) is 0 Å². The van der Waals surface area contributed by atoms with E-state index in [1.807, 2.05) is 6.07 Å². The number of ether oxygens (including phenoxy) is 2. The molecule has 0 aliphatic carbocycles. The minimum absolute atomic E-state index is 0.738. The molecule has 1 aliphatic heterocycles. The number of rotatable bonds is 6. The Labute approximate surface area is 138 Å². The van der Waals surface area contributed by atoms with Gasteiger partial charge in [-0.1, -0.05) is 12.1 Å². The van der Waals surface area contributed by atoms with E-state index in [1.54, 1.807) is 14.2 Å². The van der Waals surface area contributed by atoms with Crippen molar-refractivity contribution in [1.29, 1.82) is 0 Å². The van der Waals surface area contributed by atoms with Gasteiger partial charge in [-0.3, -0.25) is 9.89 Å². The largest absolute Gasteiger partial charge is 0.496 e. The van der Waals surface area contributed by atoms with E-state index in [1.165, 1.54) is 5.56 Å². The lowest BCUT2D eigenvalue weighted by atomic mass is 10.1. The number of hydrogen-bond donors (Lipinski definition) is 2. The van der Waals surface area contributed by atoms with E-state index in [4.69, 9.17) is 9.47 Å². The normalized spacial score (nSPS) is 16.2. The molecule has 0 radical (unpaired) electrons. The Kier molecular flexibility index (Phi) is 7.16. The fourth-order valence-corrected chi connectivity index (χ4v) is 2.61. The van der Waals surface area contributed by atoms with Gasteiger partial charge in [0.1, 0.15) is 5.75 Å². The summed E-state index contributed by atoms with van der Waals surface area (Å²) >= 11 is 0. The average Bonchev–Trinajstić information content (AvgIpc) is 2.59. The van der Waals surface area contributed by atoms with E-state index >= 15 is 0 Å². The number of nitrogens with one attached hydrogen (secondary N) is 2. The van der Waals surface area contributed by atoms with Gasteiger partial charge in [0.05, 0.1) is 20.3 Å². The maximum absolute atomic E-state index is 5.35. The van der Waals surface area contributed by atoms with Crippen molar-refractivity contribution in [1.82, 2.24) is 15.5 Å². The summed E-state index contributed by atoms with van der Waals surface area (Å²) in [4.78, 5) is 6.67. The zero-order valence-corrected chi connectivity index (χ0v) is 14.4. The Balaban J connectivity index is 1.73. The predicted molar refractivity (Wildman–Crippen MR) is 93.2 cm³/mol. The van der Waals surface area contributed by atoms with Crippen LogP contribution < -0.4 is 15.4 Å². The first-order valence-corrected chi connectivity index (χ1v) is 8.11. The van der Waals surface area contributed by atoms with Crippen LogP contribution in [0.2, 0.25) is 0 Å². The SMILES string of the molecule is CN=C(NCCN1CCOCC1)NCc1ccc(OC)c(C)c1. The summed E-state index contributed by atoms with van der Waals surface area (Å²) in [5, 5.41) is 6.70. The van der Waals surface area contributed by atoms with Gasteiger partial charge in [-0.2, -0.15) is 0 Å². The zero-order chi connectivity index (χ0) is 16.5. The van der Waals surface area contributed by atoms with Gasteiger partial charge < -0.3 is 20.1 Å². The molecule has 1 saturated heterocycles. The molecule has 0 saturated carbocycles. The summed E-state index contributed by atoms with van der Waals surface area (Å²) < 4.78 is 10.6. The Morgan fingerprint density at radius 3 is 2.74 bits per heavy atom. The molecule has 1 aromatic rings. The second-order valence-corrected chi connectivity index (χ2v) is 5.61. The van der Waals surface area contributed by atoms with Crippen molar-refractivity contribution in [2.45, 2.75) is 13.5 Å². The van der Waals surface area contributed by atoms with E-state index in [9.17, 15) is 0 Å². The van der Waals surface area contributed by atoms with Crippen molar-refractivity contribution in [3.8, 4) is 5.75 Å². The summed E-state index contributed by atoms with van der Waals surface area (Å²) in [5.74, 6) is 1.74. The number of hydrogen-bond acceptors (Lipinski definition) is 4. The van der Waals surface area contributed by atoms with Crippen LogP contribution in [0.3, 0.4) is 0 Å². The van der Waals surface area contributed by atoms with Gasteiger partial charge in [-0.25, -0.2) is 0 Å². The molecule has 0 aromatic heterocycles. The van der Waals surface area contributed by atoms with Crippen molar-refractivity contribution in [2.75, 3.05) is 53.6 Å². The highest BCUT2D eigenvalue weighted by Gasteiger charge is 2.09. The van der Waals surface area contributed by atoms with Crippen LogP contribution in [0, 0.1) is 6.92 Å². The van der Waals surface area contributed by atoms with Crippen molar-refractivity contribution >= 4 is 5.96 Å². The molecule has 1 heterocycles. The smallest absolute Gasteiger partial charge is 0.191 e. The van der Waals surface area contributed by atoms with Gasteiger partial charge >= 0.3 is 0 Å². The number of aryl methyl sites for hydroxylation is 1. The Hall–Kier alpha value is -1.79. The van der Waals surface area contributed by atoms with Crippen molar-refractivity contribution in [3.05, 3.63) is 29.3 Å². The minimum Gasteiger partial charge on any atom is -0.496 e. The molecule has 2 N–H and O–H groups in total. The molecule has 1 aliphatic rings. The fourth-order valence-electron chi connectivity index (χ4n) is 2.61. The number of benzene rings is 1.